The summed E-state index contributed by atoms with van der Waals surface area (Å²) in [6.45, 7) is 3.68. The maximum atomic E-state index is 12.9. The minimum atomic E-state index is -3.71. The molecule has 1 aliphatic heterocycles. The largest absolute Gasteiger partial charge is 0.325 e. The highest BCUT2D eigenvalue weighted by Gasteiger charge is 2.22. The number of hydrogen-bond donors (Lipinski definition) is 2. The quantitative estimate of drug-likeness (QED) is 0.781. The Bertz CT molecular complexity index is 881. The second kappa shape index (κ2) is 8.51. The lowest BCUT2D eigenvalue weighted by molar-refractivity contribution is -0.117. The third-order valence-corrected chi connectivity index (χ3v) is 6.25. The Morgan fingerprint density at radius 1 is 1.11 bits per heavy atom. The summed E-state index contributed by atoms with van der Waals surface area (Å²) < 4.78 is 27.0. The number of benzene rings is 2. The molecule has 0 spiro atoms. The first kappa shape index (κ1) is 19.3. The molecule has 7 nitrogen and oxygen atoms in total. The molecule has 0 aliphatic carbocycles. The van der Waals surface area contributed by atoms with Crippen molar-refractivity contribution in [2.75, 3.05) is 49.4 Å². The van der Waals surface area contributed by atoms with Crippen LogP contribution in [0.2, 0.25) is 0 Å². The molecule has 1 heterocycles. The third kappa shape index (κ3) is 4.85. The van der Waals surface area contributed by atoms with Gasteiger partial charge in [0.05, 0.1) is 17.1 Å². The van der Waals surface area contributed by atoms with Crippen molar-refractivity contribution in [2.45, 2.75) is 4.90 Å². The van der Waals surface area contributed by atoms with Crippen molar-refractivity contribution < 1.29 is 13.2 Å². The van der Waals surface area contributed by atoms with E-state index in [9.17, 15) is 13.2 Å². The van der Waals surface area contributed by atoms with Gasteiger partial charge in [-0.05, 0) is 30.3 Å². The minimum absolute atomic E-state index is 0.133. The van der Waals surface area contributed by atoms with E-state index < -0.39 is 10.0 Å². The number of nitrogens with one attached hydrogen (secondary N) is 2. The van der Waals surface area contributed by atoms with E-state index in [0.29, 0.717) is 17.9 Å². The summed E-state index contributed by atoms with van der Waals surface area (Å²) >= 11 is 0. The van der Waals surface area contributed by atoms with E-state index in [4.69, 9.17) is 0 Å². The lowest BCUT2D eigenvalue weighted by Crippen LogP contribution is -2.46. The van der Waals surface area contributed by atoms with Gasteiger partial charge < -0.3 is 10.6 Å². The van der Waals surface area contributed by atoms with E-state index in [1.807, 2.05) is 6.07 Å². The van der Waals surface area contributed by atoms with Gasteiger partial charge in [0.15, 0.2) is 0 Å². The lowest BCUT2D eigenvalue weighted by atomic mass is 10.3. The van der Waals surface area contributed by atoms with Gasteiger partial charge in [-0.1, -0.05) is 24.3 Å². The number of carbonyl (C=O) groups excluding carboxylic acids is 1. The van der Waals surface area contributed by atoms with Crippen LogP contribution in [0.4, 0.5) is 11.4 Å². The summed E-state index contributed by atoms with van der Waals surface area (Å²) in [6, 6.07) is 15.2. The number of nitrogens with zero attached hydrogens (tertiary/aromatic N) is 2. The van der Waals surface area contributed by atoms with Crippen molar-refractivity contribution >= 4 is 27.3 Å². The fourth-order valence-corrected chi connectivity index (χ4v) is 4.18. The fourth-order valence-electron chi connectivity index (χ4n) is 2.94. The average Bonchev–Trinajstić information content (AvgIpc) is 2.69. The molecule has 1 aliphatic rings. The number of para-hydroxylation sites is 1. The van der Waals surface area contributed by atoms with Crippen LogP contribution in [-0.2, 0) is 14.8 Å². The maximum absolute atomic E-state index is 12.9. The van der Waals surface area contributed by atoms with Crippen LogP contribution in [0.1, 0.15) is 0 Å². The van der Waals surface area contributed by atoms with Gasteiger partial charge in [-0.3, -0.25) is 14.0 Å². The Morgan fingerprint density at radius 2 is 1.81 bits per heavy atom. The predicted molar refractivity (Wildman–Crippen MR) is 106 cm³/mol. The summed E-state index contributed by atoms with van der Waals surface area (Å²) in [5.41, 5.74) is 1.04. The zero-order chi connectivity index (χ0) is 19.3. The second-order valence-electron chi connectivity index (χ2n) is 6.41. The normalized spacial score (nSPS) is 15.3. The SMILES string of the molecule is CN(c1ccccc1)S(=O)(=O)c1cccc(NC(=O)CN2CCNCC2)c1. The topological polar surface area (TPSA) is 81.8 Å². The van der Waals surface area contributed by atoms with E-state index in [1.165, 1.54) is 23.5 Å². The highest BCUT2D eigenvalue weighted by atomic mass is 32.2. The third-order valence-electron chi connectivity index (χ3n) is 4.47. The molecule has 0 radical (unpaired) electrons. The smallest absolute Gasteiger partial charge is 0.264 e. The molecular weight excluding hydrogens is 364 g/mol. The van der Waals surface area contributed by atoms with Gasteiger partial charge in [-0.25, -0.2) is 8.42 Å². The van der Waals surface area contributed by atoms with Gasteiger partial charge in [0, 0.05) is 38.9 Å². The number of carbonyl (C=O) groups is 1. The Hall–Kier alpha value is -2.42. The summed E-state index contributed by atoms with van der Waals surface area (Å²) in [5, 5.41) is 6.04. The maximum Gasteiger partial charge on any atom is 0.264 e. The molecule has 0 aromatic heterocycles. The predicted octanol–water partition coefficient (Wildman–Crippen LogP) is 1.36. The highest BCUT2D eigenvalue weighted by Crippen LogP contribution is 2.23. The number of sulfonamides is 1. The lowest BCUT2D eigenvalue weighted by Gasteiger charge is -2.26. The Morgan fingerprint density at radius 3 is 2.52 bits per heavy atom. The average molecular weight is 388 g/mol. The highest BCUT2D eigenvalue weighted by molar-refractivity contribution is 7.92. The van der Waals surface area contributed by atoms with Crippen molar-refractivity contribution in [2.24, 2.45) is 0 Å². The first-order valence-electron chi connectivity index (χ1n) is 8.84. The zero-order valence-electron chi connectivity index (χ0n) is 15.3. The van der Waals surface area contributed by atoms with E-state index in [2.05, 4.69) is 15.5 Å². The number of amides is 1. The molecule has 0 saturated carbocycles. The van der Waals surface area contributed by atoms with Crippen LogP contribution >= 0.6 is 0 Å². The molecule has 2 N–H and O–H groups in total. The van der Waals surface area contributed by atoms with E-state index in [0.717, 1.165) is 26.2 Å². The van der Waals surface area contributed by atoms with Gasteiger partial charge >= 0.3 is 0 Å². The van der Waals surface area contributed by atoms with Crippen molar-refractivity contribution in [3.8, 4) is 0 Å². The monoisotopic (exact) mass is 388 g/mol. The van der Waals surface area contributed by atoms with Crippen molar-refractivity contribution in [1.82, 2.24) is 10.2 Å². The molecule has 8 heteroatoms. The van der Waals surface area contributed by atoms with Crippen LogP contribution in [0.25, 0.3) is 0 Å². The van der Waals surface area contributed by atoms with Crippen molar-refractivity contribution in [1.29, 1.82) is 0 Å². The fraction of sp³-hybridized carbons (Fsp3) is 0.316. The first-order valence-corrected chi connectivity index (χ1v) is 10.3. The molecule has 2 aromatic carbocycles. The van der Waals surface area contributed by atoms with Crippen LogP contribution in [0, 0.1) is 0 Å². The number of rotatable bonds is 6. The van der Waals surface area contributed by atoms with Gasteiger partial charge in [-0.15, -0.1) is 0 Å². The molecule has 2 aromatic rings. The molecular formula is C19H24N4O3S. The van der Waals surface area contributed by atoms with Crippen molar-refractivity contribution in [3.63, 3.8) is 0 Å². The summed E-state index contributed by atoms with van der Waals surface area (Å²) in [5.74, 6) is -0.150. The minimum Gasteiger partial charge on any atom is -0.325 e. The Balaban J connectivity index is 1.71. The molecule has 27 heavy (non-hydrogen) atoms. The second-order valence-corrected chi connectivity index (χ2v) is 8.38. The van der Waals surface area contributed by atoms with Crippen LogP contribution in [0.5, 0.6) is 0 Å². The van der Waals surface area contributed by atoms with Gasteiger partial charge in [0.1, 0.15) is 0 Å². The van der Waals surface area contributed by atoms with Gasteiger partial charge in [0.2, 0.25) is 5.91 Å². The van der Waals surface area contributed by atoms with E-state index >= 15 is 0 Å². The standard InChI is InChI=1S/C19H24N4O3S/c1-22(17-7-3-2-4-8-17)27(25,26)18-9-5-6-16(14-18)21-19(24)15-23-12-10-20-11-13-23/h2-9,14,20H,10-13,15H2,1H3,(H,21,24). The zero-order valence-corrected chi connectivity index (χ0v) is 16.1. The summed E-state index contributed by atoms with van der Waals surface area (Å²) in [6.07, 6.45) is 0. The Kier molecular flexibility index (Phi) is 6.10. The van der Waals surface area contributed by atoms with Crippen molar-refractivity contribution in [3.05, 3.63) is 54.6 Å². The summed E-state index contributed by atoms with van der Waals surface area (Å²) in [4.78, 5) is 14.5. The van der Waals surface area contributed by atoms with Gasteiger partial charge in [0.25, 0.3) is 10.0 Å². The molecule has 144 valence electrons. The molecule has 3 rings (SSSR count). The van der Waals surface area contributed by atoms with Crippen LogP contribution < -0.4 is 14.9 Å². The molecule has 1 amide bonds. The number of anilines is 2. The first-order chi connectivity index (χ1) is 13.0. The molecule has 1 fully saturated rings. The van der Waals surface area contributed by atoms with Crippen LogP contribution in [0.3, 0.4) is 0 Å². The number of piperazine rings is 1. The Labute approximate surface area is 160 Å². The molecule has 0 bridgehead atoms. The van der Waals surface area contributed by atoms with Gasteiger partial charge in [-0.2, -0.15) is 0 Å². The van der Waals surface area contributed by atoms with Crippen LogP contribution in [-0.4, -0.2) is 59.0 Å². The van der Waals surface area contributed by atoms with E-state index in [1.54, 1.807) is 36.4 Å². The summed E-state index contributed by atoms with van der Waals surface area (Å²) in [7, 11) is -2.20. The number of hydrogen-bond acceptors (Lipinski definition) is 5. The molecule has 0 unspecified atom stereocenters. The molecule has 0 atom stereocenters. The van der Waals surface area contributed by atoms with E-state index in [-0.39, 0.29) is 10.8 Å². The molecule has 1 saturated heterocycles. The van der Waals surface area contributed by atoms with Crippen LogP contribution in [0.15, 0.2) is 59.5 Å².